The zero-order valence-corrected chi connectivity index (χ0v) is 8.40. The highest BCUT2D eigenvalue weighted by atomic mass is 19.1. The van der Waals surface area contributed by atoms with Gasteiger partial charge in [0.1, 0.15) is 6.29 Å². The first kappa shape index (κ1) is 10.1. The molecule has 15 heavy (non-hydrogen) atoms. The van der Waals surface area contributed by atoms with Crippen LogP contribution in [0.5, 0.6) is 0 Å². The lowest BCUT2D eigenvalue weighted by molar-refractivity contribution is -0.111. The maximum absolute atomic E-state index is 13.4. The summed E-state index contributed by atoms with van der Waals surface area (Å²) in [4.78, 5) is 16.5. The van der Waals surface area contributed by atoms with Crippen LogP contribution in [0.15, 0.2) is 18.3 Å². The van der Waals surface area contributed by atoms with Gasteiger partial charge < -0.3 is 9.69 Å². The van der Waals surface area contributed by atoms with Gasteiger partial charge in [-0.2, -0.15) is 0 Å². The average molecular weight is 208 g/mol. The number of rotatable bonds is 2. The van der Waals surface area contributed by atoms with Crippen LogP contribution in [0.25, 0.3) is 0 Å². The molecule has 4 heteroatoms. The minimum absolute atomic E-state index is 0.0140. The monoisotopic (exact) mass is 208 g/mol. The number of hydrogen-bond acceptors (Lipinski definition) is 3. The fourth-order valence-corrected chi connectivity index (χ4v) is 1.92. The Balaban J connectivity index is 2.16. The highest BCUT2D eigenvalue weighted by Gasteiger charge is 2.21. The van der Waals surface area contributed by atoms with Gasteiger partial charge in [-0.1, -0.05) is 0 Å². The Bertz CT molecular complexity index is 356. The largest absolute Gasteiger partial charge is 0.353 e. The number of hydrogen-bond donors (Lipinski definition) is 0. The molecule has 0 bridgehead atoms. The number of piperidine rings is 1. The second kappa shape index (κ2) is 4.38. The number of carbonyl (C=O) groups excluding carboxylic acids is 1. The molecule has 0 amide bonds. The number of anilines is 1. The Kier molecular flexibility index (Phi) is 2.94. The van der Waals surface area contributed by atoms with Crippen molar-refractivity contribution >= 4 is 12.1 Å². The molecular formula is C11H13FN2O. The van der Waals surface area contributed by atoms with Crippen molar-refractivity contribution in [2.45, 2.75) is 12.8 Å². The number of halogens is 1. The Morgan fingerprint density at radius 3 is 3.20 bits per heavy atom. The van der Waals surface area contributed by atoms with Gasteiger partial charge in [0.15, 0.2) is 11.6 Å². The smallest absolute Gasteiger partial charge is 0.165 e. The van der Waals surface area contributed by atoms with Gasteiger partial charge in [-0.15, -0.1) is 0 Å². The van der Waals surface area contributed by atoms with Gasteiger partial charge in [0.05, 0.1) is 0 Å². The lowest BCUT2D eigenvalue weighted by atomic mass is 10.00. The van der Waals surface area contributed by atoms with E-state index in [1.54, 1.807) is 12.3 Å². The van der Waals surface area contributed by atoms with Crippen molar-refractivity contribution in [1.29, 1.82) is 0 Å². The van der Waals surface area contributed by atoms with Gasteiger partial charge in [-0.3, -0.25) is 0 Å². The van der Waals surface area contributed by atoms with E-state index in [0.29, 0.717) is 12.4 Å². The third-order valence-electron chi connectivity index (χ3n) is 2.69. The Hall–Kier alpha value is -1.45. The molecule has 3 nitrogen and oxygen atoms in total. The van der Waals surface area contributed by atoms with Gasteiger partial charge in [0.2, 0.25) is 0 Å². The number of carbonyl (C=O) groups is 1. The van der Waals surface area contributed by atoms with E-state index in [2.05, 4.69) is 4.98 Å². The third-order valence-corrected chi connectivity index (χ3v) is 2.69. The summed E-state index contributed by atoms with van der Waals surface area (Å²) in [6.07, 6.45) is 4.34. The van der Waals surface area contributed by atoms with Gasteiger partial charge in [-0.25, -0.2) is 9.37 Å². The first-order chi connectivity index (χ1) is 7.31. The molecule has 1 aliphatic rings. The van der Waals surface area contributed by atoms with Crippen LogP contribution in [0.4, 0.5) is 10.2 Å². The summed E-state index contributed by atoms with van der Waals surface area (Å²) in [5.41, 5.74) is 0. The van der Waals surface area contributed by atoms with Crippen LogP contribution in [0.2, 0.25) is 0 Å². The van der Waals surface area contributed by atoms with E-state index in [0.717, 1.165) is 25.7 Å². The Morgan fingerprint density at radius 2 is 2.47 bits per heavy atom. The molecule has 2 rings (SSSR count). The molecule has 1 aliphatic heterocycles. The number of aromatic nitrogens is 1. The predicted molar refractivity (Wildman–Crippen MR) is 55.2 cm³/mol. The third kappa shape index (κ3) is 2.14. The Labute approximate surface area is 87.9 Å². The van der Waals surface area contributed by atoms with E-state index in [-0.39, 0.29) is 11.7 Å². The lowest BCUT2D eigenvalue weighted by Crippen LogP contribution is -2.37. The zero-order valence-electron chi connectivity index (χ0n) is 8.40. The standard InChI is InChI=1S/C11H13FN2O/c12-10-4-1-5-13-11(10)14-6-2-3-9(7-14)8-15/h1,4-5,8-9H,2-3,6-7H2. The lowest BCUT2D eigenvalue weighted by Gasteiger charge is -2.31. The first-order valence-electron chi connectivity index (χ1n) is 5.12. The quantitative estimate of drug-likeness (QED) is 0.693. The van der Waals surface area contributed by atoms with Gasteiger partial charge in [0.25, 0.3) is 0 Å². The van der Waals surface area contributed by atoms with Crippen molar-refractivity contribution < 1.29 is 9.18 Å². The molecule has 1 fully saturated rings. The van der Waals surface area contributed by atoms with Crippen molar-refractivity contribution in [3.8, 4) is 0 Å². The van der Waals surface area contributed by atoms with E-state index < -0.39 is 0 Å². The van der Waals surface area contributed by atoms with E-state index in [1.165, 1.54) is 6.07 Å². The summed E-state index contributed by atoms with van der Waals surface area (Å²) < 4.78 is 13.4. The van der Waals surface area contributed by atoms with Crippen LogP contribution in [0, 0.1) is 11.7 Å². The number of nitrogens with zero attached hydrogens (tertiary/aromatic N) is 2. The van der Waals surface area contributed by atoms with E-state index >= 15 is 0 Å². The highest BCUT2D eigenvalue weighted by Crippen LogP contribution is 2.22. The predicted octanol–water partition coefficient (Wildman–Crippen LogP) is 1.64. The molecule has 0 saturated carbocycles. The molecule has 1 aromatic heterocycles. The SMILES string of the molecule is O=CC1CCCN(c2ncccc2F)C1. The normalized spacial score (nSPS) is 21.4. The van der Waals surface area contributed by atoms with Gasteiger partial charge in [-0.05, 0) is 25.0 Å². The molecule has 0 spiro atoms. The van der Waals surface area contributed by atoms with Crippen molar-refractivity contribution in [1.82, 2.24) is 4.98 Å². The first-order valence-corrected chi connectivity index (χ1v) is 5.12. The molecule has 2 heterocycles. The van der Waals surface area contributed by atoms with E-state index in [1.807, 2.05) is 4.90 Å². The maximum Gasteiger partial charge on any atom is 0.165 e. The molecule has 80 valence electrons. The van der Waals surface area contributed by atoms with Crippen molar-refractivity contribution in [2.24, 2.45) is 5.92 Å². The fourth-order valence-electron chi connectivity index (χ4n) is 1.92. The van der Waals surface area contributed by atoms with Crippen LogP contribution >= 0.6 is 0 Å². The Morgan fingerprint density at radius 1 is 1.60 bits per heavy atom. The molecule has 1 atom stereocenters. The minimum Gasteiger partial charge on any atom is -0.353 e. The fraction of sp³-hybridized carbons (Fsp3) is 0.455. The van der Waals surface area contributed by atoms with Gasteiger partial charge >= 0.3 is 0 Å². The number of pyridine rings is 1. The average Bonchev–Trinajstić information content (AvgIpc) is 2.30. The molecular weight excluding hydrogens is 195 g/mol. The van der Waals surface area contributed by atoms with E-state index in [9.17, 15) is 9.18 Å². The summed E-state index contributed by atoms with van der Waals surface area (Å²) >= 11 is 0. The molecule has 1 aromatic rings. The van der Waals surface area contributed by atoms with Gasteiger partial charge in [0, 0.05) is 25.2 Å². The molecule has 0 N–H and O–H groups in total. The summed E-state index contributed by atoms with van der Waals surface area (Å²) in [5, 5.41) is 0. The van der Waals surface area contributed by atoms with Crippen LogP contribution in [0.1, 0.15) is 12.8 Å². The molecule has 0 aliphatic carbocycles. The topological polar surface area (TPSA) is 33.2 Å². The molecule has 0 aromatic carbocycles. The van der Waals surface area contributed by atoms with Crippen molar-refractivity contribution in [3.05, 3.63) is 24.1 Å². The summed E-state index contributed by atoms with van der Waals surface area (Å²) in [5.74, 6) is 0.0632. The second-order valence-corrected chi connectivity index (χ2v) is 3.79. The van der Waals surface area contributed by atoms with Crippen molar-refractivity contribution in [3.63, 3.8) is 0 Å². The second-order valence-electron chi connectivity index (χ2n) is 3.79. The summed E-state index contributed by atoms with van der Waals surface area (Å²) in [6.45, 7) is 1.36. The maximum atomic E-state index is 13.4. The van der Waals surface area contributed by atoms with Crippen LogP contribution in [0.3, 0.4) is 0 Å². The van der Waals surface area contributed by atoms with Crippen LogP contribution in [-0.4, -0.2) is 24.4 Å². The zero-order chi connectivity index (χ0) is 10.7. The molecule has 1 unspecified atom stereocenters. The van der Waals surface area contributed by atoms with Crippen LogP contribution < -0.4 is 4.90 Å². The summed E-state index contributed by atoms with van der Waals surface area (Å²) in [7, 11) is 0. The van der Waals surface area contributed by atoms with Crippen molar-refractivity contribution in [2.75, 3.05) is 18.0 Å². The molecule has 1 saturated heterocycles. The summed E-state index contributed by atoms with van der Waals surface area (Å²) in [6, 6.07) is 2.97. The number of aldehydes is 1. The molecule has 0 radical (unpaired) electrons. The minimum atomic E-state index is -0.316. The highest BCUT2D eigenvalue weighted by molar-refractivity contribution is 5.56. The van der Waals surface area contributed by atoms with Crippen LogP contribution in [-0.2, 0) is 4.79 Å². The van der Waals surface area contributed by atoms with E-state index in [4.69, 9.17) is 0 Å².